The topological polar surface area (TPSA) is 30.7 Å². The van der Waals surface area contributed by atoms with Crippen molar-refractivity contribution in [2.24, 2.45) is 7.05 Å². The highest BCUT2D eigenvalue weighted by Gasteiger charge is 2.21. The Morgan fingerprint density at radius 1 is 0.844 bits per heavy atom. The van der Waals surface area contributed by atoms with Crippen LogP contribution in [0.4, 0.5) is 0 Å². The normalized spacial score (nSPS) is 12.2. The van der Waals surface area contributed by atoms with Gasteiger partial charge in [0.1, 0.15) is 0 Å². The zero-order chi connectivity index (χ0) is 22.2. The first kappa shape index (κ1) is 20.7. The van der Waals surface area contributed by atoms with E-state index in [-0.39, 0.29) is 5.92 Å². The van der Waals surface area contributed by atoms with Crippen LogP contribution in [-0.4, -0.2) is 14.5 Å². The van der Waals surface area contributed by atoms with E-state index in [0.29, 0.717) is 0 Å². The van der Waals surface area contributed by atoms with Gasteiger partial charge in [0.15, 0.2) is 0 Å². The molecule has 1 atom stereocenters. The second-order valence-corrected chi connectivity index (χ2v) is 8.88. The summed E-state index contributed by atoms with van der Waals surface area (Å²) in [5.74, 6) is 0.0117. The molecule has 0 saturated heterocycles. The fourth-order valence-corrected chi connectivity index (χ4v) is 4.60. The summed E-state index contributed by atoms with van der Waals surface area (Å²) in [5, 5.41) is 2.53. The van der Waals surface area contributed by atoms with Gasteiger partial charge < -0.3 is 4.57 Å². The number of hydrogen-bond acceptors (Lipinski definition) is 2. The number of halogens is 2. The first-order valence-electron chi connectivity index (χ1n) is 10.4. The number of pyridine rings is 1. The van der Waals surface area contributed by atoms with Crippen LogP contribution < -0.4 is 0 Å². The van der Waals surface area contributed by atoms with Gasteiger partial charge >= 0.3 is 0 Å². The summed E-state index contributed by atoms with van der Waals surface area (Å²) in [5.41, 5.74) is 7.56. The highest BCUT2D eigenvalue weighted by Crippen LogP contribution is 2.36. The molecule has 0 N–H and O–H groups in total. The summed E-state index contributed by atoms with van der Waals surface area (Å²) in [6.07, 6.45) is 3.76. The molecule has 5 rings (SSSR count). The minimum atomic E-state index is 0.0117. The van der Waals surface area contributed by atoms with Crippen LogP contribution in [0.25, 0.3) is 22.0 Å². The van der Waals surface area contributed by atoms with Crippen molar-refractivity contribution in [2.75, 3.05) is 0 Å². The van der Waals surface area contributed by atoms with E-state index >= 15 is 0 Å². The first-order valence-corrected chi connectivity index (χ1v) is 11.1. The fourth-order valence-electron chi connectivity index (χ4n) is 4.29. The van der Waals surface area contributed by atoms with Gasteiger partial charge in [0.05, 0.1) is 17.8 Å². The van der Waals surface area contributed by atoms with Gasteiger partial charge in [-0.15, -0.1) is 0 Å². The Morgan fingerprint density at radius 2 is 1.62 bits per heavy atom. The lowest BCUT2D eigenvalue weighted by atomic mass is 9.87. The van der Waals surface area contributed by atoms with E-state index in [1.807, 2.05) is 56.8 Å². The molecule has 0 amide bonds. The van der Waals surface area contributed by atoms with Gasteiger partial charge in [-0.1, -0.05) is 53.5 Å². The highest BCUT2D eigenvalue weighted by molar-refractivity contribution is 6.31. The van der Waals surface area contributed by atoms with Crippen molar-refractivity contribution in [1.29, 1.82) is 0 Å². The molecule has 0 fully saturated rings. The minimum absolute atomic E-state index is 0.0117. The Kier molecular flexibility index (Phi) is 5.46. The van der Waals surface area contributed by atoms with Gasteiger partial charge in [0.2, 0.25) is 0 Å². The predicted molar refractivity (Wildman–Crippen MR) is 133 cm³/mol. The van der Waals surface area contributed by atoms with E-state index in [2.05, 4.69) is 52.0 Å². The number of fused-ring (bicyclic) bond motifs is 1. The molecule has 0 radical (unpaired) electrons. The lowest BCUT2D eigenvalue weighted by Gasteiger charge is -2.20. The highest BCUT2D eigenvalue weighted by atomic mass is 35.5. The van der Waals surface area contributed by atoms with Crippen molar-refractivity contribution in [3.63, 3.8) is 0 Å². The lowest BCUT2D eigenvalue weighted by Crippen LogP contribution is -2.08. The Hall–Kier alpha value is -3.14. The molecule has 158 valence electrons. The second-order valence-electron chi connectivity index (χ2n) is 8.01. The third kappa shape index (κ3) is 3.90. The van der Waals surface area contributed by atoms with Crippen molar-refractivity contribution >= 4 is 34.1 Å². The van der Waals surface area contributed by atoms with Crippen LogP contribution in [0.1, 0.15) is 28.4 Å². The van der Waals surface area contributed by atoms with Crippen LogP contribution in [0, 0.1) is 6.92 Å². The molecule has 5 aromatic rings. The van der Waals surface area contributed by atoms with Crippen LogP contribution in [-0.2, 0) is 7.05 Å². The van der Waals surface area contributed by atoms with E-state index in [1.54, 1.807) is 0 Å². The molecule has 0 saturated carbocycles. The molecule has 0 bridgehead atoms. The maximum absolute atomic E-state index is 6.31. The zero-order valence-corrected chi connectivity index (χ0v) is 19.3. The number of hydrogen-bond donors (Lipinski definition) is 0. The zero-order valence-electron chi connectivity index (χ0n) is 17.8. The summed E-state index contributed by atoms with van der Waals surface area (Å²) in [6, 6.07) is 24.6. The molecule has 2 aromatic heterocycles. The van der Waals surface area contributed by atoms with Gasteiger partial charge in [-0.25, -0.2) is 4.98 Å². The molecular weight excluding hydrogens is 437 g/mol. The maximum atomic E-state index is 6.31. The van der Waals surface area contributed by atoms with Gasteiger partial charge in [-0.2, -0.15) is 0 Å². The summed E-state index contributed by atoms with van der Waals surface area (Å²) in [4.78, 5) is 9.15. The van der Waals surface area contributed by atoms with Crippen molar-refractivity contribution in [3.05, 3.63) is 118 Å². The molecule has 3 nitrogen and oxygen atoms in total. The van der Waals surface area contributed by atoms with Gasteiger partial charge in [0, 0.05) is 40.1 Å². The number of aryl methyl sites for hydroxylation is 2. The van der Waals surface area contributed by atoms with Gasteiger partial charge in [-0.3, -0.25) is 4.98 Å². The Morgan fingerprint density at radius 3 is 2.34 bits per heavy atom. The van der Waals surface area contributed by atoms with E-state index in [0.717, 1.165) is 54.6 Å². The summed E-state index contributed by atoms with van der Waals surface area (Å²) in [7, 11) is 2.02. The number of rotatable bonds is 4. The smallest absolute Gasteiger partial charge is 0.0945 e. The number of nitrogens with zero attached hydrogens (tertiary/aromatic N) is 3. The van der Waals surface area contributed by atoms with Gasteiger partial charge in [0.25, 0.3) is 0 Å². The molecule has 0 aliphatic rings. The van der Waals surface area contributed by atoms with E-state index < -0.39 is 0 Å². The largest absolute Gasteiger partial charge is 0.337 e. The summed E-state index contributed by atoms with van der Waals surface area (Å²) >= 11 is 12.5. The van der Waals surface area contributed by atoms with Crippen molar-refractivity contribution in [2.45, 2.75) is 12.8 Å². The average Bonchev–Trinajstić information content (AvgIpc) is 3.20. The summed E-state index contributed by atoms with van der Waals surface area (Å²) in [6.45, 7) is 2.02. The molecule has 0 aliphatic heterocycles. The molecule has 0 aliphatic carbocycles. The maximum Gasteiger partial charge on any atom is 0.0945 e. The van der Waals surface area contributed by atoms with Crippen LogP contribution in [0.2, 0.25) is 10.0 Å². The van der Waals surface area contributed by atoms with E-state index in [1.165, 1.54) is 0 Å². The molecule has 1 unspecified atom stereocenters. The van der Waals surface area contributed by atoms with Crippen molar-refractivity contribution in [1.82, 2.24) is 14.5 Å². The molecular formula is C27H21Cl2N3. The van der Waals surface area contributed by atoms with Crippen LogP contribution in [0.15, 0.2) is 85.3 Å². The monoisotopic (exact) mass is 457 g/mol. The van der Waals surface area contributed by atoms with Gasteiger partial charge in [-0.05, 0) is 71.6 Å². The first-order chi connectivity index (χ1) is 15.5. The summed E-state index contributed by atoms with van der Waals surface area (Å²) < 4.78 is 2.06. The third-order valence-corrected chi connectivity index (χ3v) is 6.27. The number of aromatic nitrogens is 3. The van der Waals surface area contributed by atoms with Crippen LogP contribution in [0.3, 0.4) is 0 Å². The van der Waals surface area contributed by atoms with Crippen LogP contribution >= 0.6 is 23.2 Å². The molecule has 3 aromatic carbocycles. The lowest BCUT2D eigenvalue weighted by molar-refractivity contribution is 0.793. The number of imidazole rings is 1. The third-order valence-electron chi connectivity index (χ3n) is 5.78. The Labute approximate surface area is 197 Å². The molecule has 5 heteroatoms. The number of benzene rings is 3. The van der Waals surface area contributed by atoms with Crippen molar-refractivity contribution < 1.29 is 0 Å². The second kappa shape index (κ2) is 8.42. The Balaban J connectivity index is 1.75. The quantitative estimate of drug-likeness (QED) is 0.280. The average molecular weight is 458 g/mol. The van der Waals surface area contributed by atoms with Crippen molar-refractivity contribution in [3.8, 4) is 11.1 Å². The molecule has 2 heterocycles. The van der Waals surface area contributed by atoms with E-state index in [9.17, 15) is 0 Å². The standard InChI is InChI=1S/C27H21Cl2N3/c1-17-12-23(19-4-3-5-22(29)13-19)24-14-20(8-11-25(24)31-17)27(26-15-30-16-32(26)2)18-6-9-21(28)10-7-18/h3-16,27H,1-2H3. The fraction of sp³-hybridized carbons (Fsp3) is 0.111. The molecule has 32 heavy (non-hydrogen) atoms. The van der Waals surface area contributed by atoms with Crippen LogP contribution in [0.5, 0.6) is 0 Å². The predicted octanol–water partition coefficient (Wildman–Crippen LogP) is 7.43. The molecule has 0 spiro atoms. The van der Waals surface area contributed by atoms with E-state index in [4.69, 9.17) is 28.2 Å². The minimum Gasteiger partial charge on any atom is -0.337 e. The Bertz CT molecular complexity index is 1420. The SMILES string of the molecule is Cc1cc(-c2cccc(Cl)c2)c2cc(C(c3ccc(Cl)cc3)c3cncn3C)ccc2n1.